The van der Waals surface area contributed by atoms with Gasteiger partial charge >= 0.3 is 0 Å². The van der Waals surface area contributed by atoms with Gasteiger partial charge in [0.2, 0.25) is 5.91 Å². The molecule has 0 radical (unpaired) electrons. The molecule has 0 bridgehead atoms. The number of nitrogens with two attached hydrogens (primary N) is 1. The average Bonchev–Trinajstić information content (AvgIpc) is 2.25. The molecule has 4 heteroatoms. The van der Waals surface area contributed by atoms with Crippen LogP contribution in [0.15, 0.2) is 0 Å². The molecule has 0 aromatic heterocycles. The number of amides is 1. The first-order chi connectivity index (χ1) is 7.88. The van der Waals surface area contributed by atoms with Crippen molar-refractivity contribution in [2.45, 2.75) is 46.1 Å². The van der Waals surface area contributed by atoms with E-state index in [1.54, 1.807) is 0 Å². The zero-order chi connectivity index (χ0) is 12.9. The van der Waals surface area contributed by atoms with Gasteiger partial charge in [0.25, 0.3) is 0 Å². The predicted octanol–water partition coefficient (Wildman–Crippen LogP) is 1.29. The van der Waals surface area contributed by atoms with Crippen LogP contribution in [0.25, 0.3) is 0 Å². The molecule has 3 N–H and O–H groups in total. The van der Waals surface area contributed by atoms with Crippen molar-refractivity contribution in [3.8, 4) is 0 Å². The number of rotatable bonds is 4. The zero-order valence-corrected chi connectivity index (χ0v) is 11.3. The highest BCUT2D eigenvalue weighted by Crippen LogP contribution is 2.19. The molecule has 17 heavy (non-hydrogen) atoms. The van der Waals surface area contributed by atoms with Crippen LogP contribution in [0.3, 0.4) is 0 Å². The highest BCUT2D eigenvalue weighted by molar-refractivity contribution is 5.78. The van der Waals surface area contributed by atoms with Gasteiger partial charge < -0.3 is 15.8 Å². The maximum absolute atomic E-state index is 11.8. The van der Waals surface area contributed by atoms with E-state index in [0.29, 0.717) is 13.2 Å². The van der Waals surface area contributed by atoms with Crippen molar-refractivity contribution < 1.29 is 9.53 Å². The third-order valence-corrected chi connectivity index (χ3v) is 2.94. The average molecular weight is 242 g/mol. The predicted molar refractivity (Wildman–Crippen MR) is 68.6 cm³/mol. The molecular weight excluding hydrogens is 216 g/mol. The summed E-state index contributed by atoms with van der Waals surface area (Å²) < 4.78 is 5.30. The van der Waals surface area contributed by atoms with Crippen molar-refractivity contribution in [1.29, 1.82) is 0 Å². The van der Waals surface area contributed by atoms with Gasteiger partial charge in [0.15, 0.2) is 0 Å². The topological polar surface area (TPSA) is 64.3 Å². The van der Waals surface area contributed by atoms with Crippen LogP contribution in [0.2, 0.25) is 0 Å². The van der Waals surface area contributed by atoms with Gasteiger partial charge in [-0.25, -0.2) is 0 Å². The van der Waals surface area contributed by atoms with Gasteiger partial charge in [-0.2, -0.15) is 0 Å². The van der Waals surface area contributed by atoms with E-state index in [2.05, 4.69) is 26.1 Å². The van der Waals surface area contributed by atoms with Gasteiger partial charge in [-0.15, -0.1) is 0 Å². The number of hydrogen-bond donors (Lipinski definition) is 2. The highest BCUT2D eigenvalue weighted by atomic mass is 16.5. The van der Waals surface area contributed by atoms with Crippen molar-refractivity contribution in [2.75, 3.05) is 19.8 Å². The second-order valence-corrected chi connectivity index (χ2v) is 6.18. The fraction of sp³-hybridized carbons (Fsp3) is 0.923. The van der Waals surface area contributed by atoms with Crippen LogP contribution in [0.5, 0.6) is 0 Å². The zero-order valence-electron chi connectivity index (χ0n) is 11.3. The first-order valence-electron chi connectivity index (χ1n) is 6.49. The van der Waals surface area contributed by atoms with Gasteiger partial charge in [-0.1, -0.05) is 20.8 Å². The Morgan fingerprint density at radius 1 is 1.53 bits per heavy atom. The molecule has 0 aliphatic carbocycles. The number of ether oxygens (including phenoxy) is 1. The van der Waals surface area contributed by atoms with Gasteiger partial charge in [-0.3, -0.25) is 4.79 Å². The molecule has 0 aromatic rings. The summed E-state index contributed by atoms with van der Waals surface area (Å²) in [5.41, 5.74) is 6.20. The normalized spacial score (nSPS) is 23.2. The van der Waals surface area contributed by atoms with Crippen LogP contribution in [-0.2, 0) is 9.53 Å². The molecule has 1 aliphatic rings. The minimum absolute atomic E-state index is 0.0191. The lowest BCUT2D eigenvalue weighted by Gasteiger charge is -2.25. The molecule has 2 atom stereocenters. The Morgan fingerprint density at radius 3 is 2.76 bits per heavy atom. The number of carbonyl (C=O) groups excluding carboxylic acids is 1. The second kappa shape index (κ2) is 6.36. The molecule has 1 fully saturated rings. The summed E-state index contributed by atoms with van der Waals surface area (Å²) in [6.07, 6.45) is 2.82. The van der Waals surface area contributed by atoms with E-state index >= 15 is 0 Å². The second-order valence-electron chi connectivity index (χ2n) is 6.18. The Kier molecular flexibility index (Phi) is 5.40. The Labute approximate surface area is 104 Å². The lowest BCUT2D eigenvalue weighted by Crippen LogP contribution is -2.43. The molecule has 1 heterocycles. The Bertz CT molecular complexity index is 242. The molecule has 0 aromatic carbocycles. The van der Waals surface area contributed by atoms with Crippen LogP contribution in [-0.4, -0.2) is 31.7 Å². The first-order valence-corrected chi connectivity index (χ1v) is 6.49. The fourth-order valence-corrected chi connectivity index (χ4v) is 2.18. The summed E-state index contributed by atoms with van der Waals surface area (Å²) in [4.78, 5) is 11.8. The summed E-state index contributed by atoms with van der Waals surface area (Å²) in [6, 6.07) is 0.0310. The van der Waals surface area contributed by atoms with E-state index < -0.39 is 0 Å². The lowest BCUT2D eigenvalue weighted by atomic mass is 9.88. The van der Waals surface area contributed by atoms with Crippen LogP contribution >= 0.6 is 0 Å². The van der Waals surface area contributed by atoms with Gasteiger partial charge in [0, 0.05) is 19.2 Å². The number of hydrogen-bond acceptors (Lipinski definition) is 3. The standard InChI is InChI=1S/C13H26N2O2/c1-13(2,3)7-11(14)8-15-12(16)10-5-4-6-17-9-10/h10-11H,4-9,14H2,1-3H3,(H,15,16). The summed E-state index contributed by atoms with van der Waals surface area (Å²) in [6.45, 7) is 8.37. The molecule has 0 saturated carbocycles. The highest BCUT2D eigenvalue weighted by Gasteiger charge is 2.22. The van der Waals surface area contributed by atoms with E-state index in [9.17, 15) is 4.79 Å². The summed E-state index contributed by atoms with van der Waals surface area (Å²) >= 11 is 0. The van der Waals surface area contributed by atoms with Crippen LogP contribution in [0.4, 0.5) is 0 Å². The van der Waals surface area contributed by atoms with E-state index in [1.165, 1.54) is 0 Å². The smallest absolute Gasteiger partial charge is 0.225 e. The van der Waals surface area contributed by atoms with E-state index in [-0.39, 0.29) is 23.3 Å². The molecule has 1 rings (SSSR count). The summed E-state index contributed by atoms with van der Waals surface area (Å²) in [7, 11) is 0. The quantitative estimate of drug-likeness (QED) is 0.781. The lowest BCUT2D eigenvalue weighted by molar-refractivity contribution is -0.129. The van der Waals surface area contributed by atoms with Gasteiger partial charge in [0.1, 0.15) is 0 Å². The molecule has 4 nitrogen and oxygen atoms in total. The van der Waals surface area contributed by atoms with Crippen LogP contribution in [0.1, 0.15) is 40.0 Å². The molecule has 100 valence electrons. The Hall–Kier alpha value is -0.610. The molecular formula is C13H26N2O2. The van der Waals surface area contributed by atoms with Crippen molar-refractivity contribution in [3.05, 3.63) is 0 Å². The molecule has 1 amide bonds. The Morgan fingerprint density at radius 2 is 2.24 bits per heavy atom. The molecule has 2 unspecified atom stereocenters. The third-order valence-electron chi connectivity index (χ3n) is 2.94. The largest absolute Gasteiger partial charge is 0.381 e. The van der Waals surface area contributed by atoms with E-state index in [4.69, 9.17) is 10.5 Å². The van der Waals surface area contributed by atoms with Crippen LogP contribution < -0.4 is 11.1 Å². The first kappa shape index (κ1) is 14.5. The van der Waals surface area contributed by atoms with Gasteiger partial charge in [0.05, 0.1) is 12.5 Å². The minimum Gasteiger partial charge on any atom is -0.381 e. The van der Waals surface area contributed by atoms with Crippen molar-refractivity contribution in [2.24, 2.45) is 17.1 Å². The van der Waals surface area contributed by atoms with Crippen molar-refractivity contribution in [1.82, 2.24) is 5.32 Å². The maximum atomic E-state index is 11.8. The number of carbonyl (C=O) groups is 1. The summed E-state index contributed by atoms with van der Waals surface area (Å²) in [5, 5.41) is 2.93. The number of nitrogens with one attached hydrogen (secondary N) is 1. The minimum atomic E-state index is 0.0191. The monoisotopic (exact) mass is 242 g/mol. The van der Waals surface area contributed by atoms with E-state index in [1.807, 2.05) is 0 Å². The van der Waals surface area contributed by atoms with Crippen molar-refractivity contribution in [3.63, 3.8) is 0 Å². The molecule has 0 spiro atoms. The molecule has 1 aliphatic heterocycles. The Balaban J connectivity index is 2.22. The third kappa shape index (κ3) is 6.03. The fourth-order valence-electron chi connectivity index (χ4n) is 2.18. The molecule has 1 saturated heterocycles. The SMILES string of the molecule is CC(C)(C)CC(N)CNC(=O)C1CCCOC1. The maximum Gasteiger partial charge on any atom is 0.225 e. The van der Waals surface area contributed by atoms with Crippen LogP contribution in [0, 0.1) is 11.3 Å². The van der Waals surface area contributed by atoms with Crippen molar-refractivity contribution >= 4 is 5.91 Å². The summed E-state index contributed by atoms with van der Waals surface area (Å²) in [5.74, 6) is 0.111. The van der Waals surface area contributed by atoms with Gasteiger partial charge in [-0.05, 0) is 24.7 Å². The van der Waals surface area contributed by atoms with E-state index in [0.717, 1.165) is 25.9 Å².